The van der Waals surface area contributed by atoms with Crippen LogP contribution in [-0.2, 0) is 20.7 Å². The molecular formula is C27H38N2O3S. The number of amides is 2. The van der Waals surface area contributed by atoms with Crippen LogP contribution < -0.4 is 0 Å². The molecule has 0 spiro atoms. The van der Waals surface area contributed by atoms with Gasteiger partial charge in [-0.3, -0.25) is 9.59 Å². The van der Waals surface area contributed by atoms with Crippen LogP contribution in [0.3, 0.4) is 0 Å². The SMILES string of the molecule is COCCN(CC(=O)N1CCc2sccc2C1c1ccccc1)C(=O)CC(C)CC(C)(C)C. The molecule has 0 radical (unpaired) electrons. The Balaban J connectivity index is 1.77. The molecule has 180 valence electrons. The zero-order valence-corrected chi connectivity index (χ0v) is 21.5. The maximum absolute atomic E-state index is 13.6. The van der Waals surface area contributed by atoms with Crippen LogP contribution in [0, 0.1) is 11.3 Å². The number of hydrogen-bond acceptors (Lipinski definition) is 4. The Kier molecular flexibility index (Phi) is 8.71. The van der Waals surface area contributed by atoms with Gasteiger partial charge in [0.15, 0.2) is 0 Å². The number of carbonyl (C=O) groups is 2. The largest absolute Gasteiger partial charge is 0.383 e. The van der Waals surface area contributed by atoms with Gasteiger partial charge in [0.25, 0.3) is 0 Å². The molecule has 0 saturated heterocycles. The number of fused-ring (bicyclic) bond motifs is 1. The number of thiophene rings is 1. The van der Waals surface area contributed by atoms with E-state index in [2.05, 4.69) is 51.3 Å². The standard InChI is InChI=1S/C27H38N2O3S/c1-20(18-27(2,3)4)17-24(30)28(14-15-32-5)19-25(31)29-13-11-23-22(12-16-33-23)26(29)21-9-7-6-8-10-21/h6-10,12,16,20,26H,11,13-15,17-19H2,1-5H3. The molecule has 6 heteroatoms. The van der Waals surface area contributed by atoms with Crippen molar-refractivity contribution in [2.75, 3.05) is 33.4 Å². The van der Waals surface area contributed by atoms with E-state index in [9.17, 15) is 9.59 Å². The quantitative estimate of drug-likeness (QED) is 0.509. The molecule has 1 aromatic heterocycles. The van der Waals surface area contributed by atoms with Crippen molar-refractivity contribution in [2.45, 2.75) is 53.0 Å². The summed E-state index contributed by atoms with van der Waals surface area (Å²) in [5.74, 6) is 0.285. The van der Waals surface area contributed by atoms with Gasteiger partial charge in [-0.05, 0) is 46.7 Å². The summed E-state index contributed by atoms with van der Waals surface area (Å²) in [4.78, 5) is 31.8. The summed E-state index contributed by atoms with van der Waals surface area (Å²) in [5.41, 5.74) is 2.49. The first-order valence-electron chi connectivity index (χ1n) is 11.9. The predicted octanol–water partition coefficient (Wildman–Crippen LogP) is 5.16. The van der Waals surface area contributed by atoms with E-state index < -0.39 is 0 Å². The zero-order chi connectivity index (χ0) is 24.0. The number of benzene rings is 1. The van der Waals surface area contributed by atoms with Crippen molar-refractivity contribution in [3.8, 4) is 0 Å². The molecule has 2 heterocycles. The molecule has 2 amide bonds. The van der Waals surface area contributed by atoms with Crippen LogP contribution in [0.25, 0.3) is 0 Å². The van der Waals surface area contributed by atoms with E-state index in [-0.39, 0.29) is 35.7 Å². The van der Waals surface area contributed by atoms with Gasteiger partial charge >= 0.3 is 0 Å². The van der Waals surface area contributed by atoms with E-state index in [1.807, 2.05) is 23.1 Å². The fourth-order valence-corrected chi connectivity index (χ4v) is 5.78. The maximum atomic E-state index is 13.6. The van der Waals surface area contributed by atoms with Crippen molar-refractivity contribution in [1.82, 2.24) is 9.80 Å². The van der Waals surface area contributed by atoms with Gasteiger partial charge in [-0.25, -0.2) is 0 Å². The van der Waals surface area contributed by atoms with Crippen LogP contribution in [0.4, 0.5) is 0 Å². The molecule has 2 atom stereocenters. The summed E-state index contributed by atoms with van der Waals surface area (Å²) in [6, 6.07) is 12.2. The lowest BCUT2D eigenvalue weighted by atomic mass is 9.84. The first-order chi connectivity index (χ1) is 15.7. The topological polar surface area (TPSA) is 49.9 Å². The molecule has 5 nitrogen and oxygen atoms in total. The normalized spacial score (nSPS) is 16.9. The van der Waals surface area contributed by atoms with Crippen LogP contribution in [-0.4, -0.2) is 55.0 Å². The van der Waals surface area contributed by atoms with Gasteiger partial charge in [0.1, 0.15) is 0 Å². The fourth-order valence-electron chi connectivity index (χ4n) is 4.87. The molecule has 0 saturated carbocycles. The Labute approximate surface area is 202 Å². The molecule has 2 aromatic rings. The van der Waals surface area contributed by atoms with E-state index in [1.54, 1.807) is 23.3 Å². The van der Waals surface area contributed by atoms with Crippen molar-refractivity contribution in [3.63, 3.8) is 0 Å². The van der Waals surface area contributed by atoms with Gasteiger partial charge in [-0.2, -0.15) is 0 Å². The summed E-state index contributed by atoms with van der Waals surface area (Å²) in [5, 5.41) is 2.11. The molecule has 0 aliphatic carbocycles. The molecule has 1 aliphatic heterocycles. The van der Waals surface area contributed by atoms with Crippen molar-refractivity contribution in [3.05, 3.63) is 57.8 Å². The van der Waals surface area contributed by atoms with Crippen molar-refractivity contribution in [1.29, 1.82) is 0 Å². The molecular weight excluding hydrogens is 432 g/mol. The number of carbonyl (C=O) groups excluding carboxylic acids is 2. The third-order valence-electron chi connectivity index (χ3n) is 6.13. The third-order valence-corrected chi connectivity index (χ3v) is 7.13. The first-order valence-corrected chi connectivity index (χ1v) is 12.7. The molecule has 2 unspecified atom stereocenters. The third kappa shape index (κ3) is 6.90. The summed E-state index contributed by atoms with van der Waals surface area (Å²) in [6.07, 6.45) is 2.27. The average Bonchev–Trinajstić information content (AvgIpc) is 3.23. The molecule has 1 aromatic carbocycles. The minimum absolute atomic E-state index is 0.00590. The van der Waals surface area contributed by atoms with Gasteiger partial charge in [0.05, 0.1) is 19.2 Å². The summed E-state index contributed by atoms with van der Waals surface area (Å²) >= 11 is 1.76. The maximum Gasteiger partial charge on any atom is 0.242 e. The summed E-state index contributed by atoms with van der Waals surface area (Å²) in [7, 11) is 1.63. The zero-order valence-electron chi connectivity index (χ0n) is 20.7. The van der Waals surface area contributed by atoms with Gasteiger partial charge in [0, 0.05) is 31.5 Å². The number of rotatable bonds is 9. The van der Waals surface area contributed by atoms with Crippen LogP contribution >= 0.6 is 11.3 Å². The predicted molar refractivity (Wildman–Crippen MR) is 134 cm³/mol. The Bertz CT molecular complexity index is 919. The number of methoxy groups -OCH3 is 1. The second-order valence-electron chi connectivity index (χ2n) is 10.3. The lowest BCUT2D eigenvalue weighted by Crippen LogP contribution is -2.47. The van der Waals surface area contributed by atoms with Crippen LogP contribution in [0.2, 0.25) is 0 Å². The van der Waals surface area contributed by atoms with Gasteiger partial charge in [0.2, 0.25) is 11.8 Å². The summed E-state index contributed by atoms with van der Waals surface area (Å²) < 4.78 is 5.24. The number of nitrogens with zero attached hydrogens (tertiary/aromatic N) is 2. The van der Waals surface area contributed by atoms with E-state index in [0.717, 1.165) is 18.4 Å². The Morgan fingerprint density at radius 2 is 1.94 bits per heavy atom. The van der Waals surface area contributed by atoms with E-state index in [0.29, 0.717) is 26.1 Å². The van der Waals surface area contributed by atoms with Crippen molar-refractivity contribution < 1.29 is 14.3 Å². The first kappa shape index (κ1) is 25.4. The average molecular weight is 471 g/mol. The van der Waals surface area contributed by atoms with Gasteiger partial charge in [-0.15, -0.1) is 11.3 Å². The van der Waals surface area contributed by atoms with Gasteiger partial charge < -0.3 is 14.5 Å². The smallest absolute Gasteiger partial charge is 0.242 e. The van der Waals surface area contributed by atoms with Crippen LogP contribution in [0.5, 0.6) is 0 Å². The highest BCUT2D eigenvalue weighted by Crippen LogP contribution is 2.37. The van der Waals surface area contributed by atoms with Crippen LogP contribution in [0.1, 0.15) is 62.6 Å². The van der Waals surface area contributed by atoms with E-state index in [1.165, 1.54) is 10.4 Å². The highest BCUT2D eigenvalue weighted by atomic mass is 32.1. The molecule has 1 aliphatic rings. The highest BCUT2D eigenvalue weighted by Gasteiger charge is 2.34. The van der Waals surface area contributed by atoms with Crippen molar-refractivity contribution >= 4 is 23.2 Å². The van der Waals surface area contributed by atoms with E-state index in [4.69, 9.17) is 4.74 Å². The molecule has 33 heavy (non-hydrogen) atoms. The second-order valence-corrected chi connectivity index (χ2v) is 11.3. The minimum Gasteiger partial charge on any atom is -0.383 e. The molecule has 0 bridgehead atoms. The number of hydrogen-bond donors (Lipinski definition) is 0. The Morgan fingerprint density at radius 3 is 2.61 bits per heavy atom. The minimum atomic E-state index is -0.104. The molecule has 0 fully saturated rings. The lowest BCUT2D eigenvalue weighted by Gasteiger charge is -2.37. The van der Waals surface area contributed by atoms with E-state index >= 15 is 0 Å². The molecule has 3 rings (SSSR count). The Hall–Kier alpha value is -2.18. The van der Waals surface area contributed by atoms with Gasteiger partial charge in [-0.1, -0.05) is 58.0 Å². The number of ether oxygens (including phenoxy) is 1. The summed E-state index contributed by atoms with van der Waals surface area (Å²) in [6.45, 7) is 10.3. The van der Waals surface area contributed by atoms with Crippen LogP contribution in [0.15, 0.2) is 41.8 Å². The highest BCUT2D eigenvalue weighted by molar-refractivity contribution is 7.10. The fraction of sp³-hybridized carbons (Fsp3) is 0.556. The lowest BCUT2D eigenvalue weighted by molar-refractivity contribution is -0.142. The van der Waals surface area contributed by atoms with Crippen molar-refractivity contribution in [2.24, 2.45) is 11.3 Å². The Morgan fingerprint density at radius 1 is 1.21 bits per heavy atom. The second kappa shape index (κ2) is 11.3. The monoisotopic (exact) mass is 470 g/mol. The molecule has 0 N–H and O–H groups in total.